The number of carboxylic acids is 1. The smallest absolute Gasteiger partial charge is 0.326 e. The van der Waals surface area contributed by atoms with E-state index in [1.54, 1.807) is 0 Å². The summed E-state index contributed by atoms with van der Waals surface area (Å²) in [5.74, 6) is -1.49. The van der Waals surface area contributed by atoms with Gasteiger partial charge in [0.2, 0.25) is 5.91 Å². The van der Waals surface area contributed by atoms with Gasteiger partial charge in [-0.05, 0) is 31.7 Å². The zero-order chi connectivity index (χ0) is 17.7. The molecule has 1 fully saturated rings. The predicted octanol–water partition coefficient (Wildman–Crippen LogP) is 1.47. The minimum absolute atomic E-state index is 0.0109. The molecule has 3 N–H and O–H groups in total. The van der Waals surface area contributed by atoms with Crippen LogP contribution >= 0.6 is 7.52 Å². The minimum atomic E-state index is -3.70. The zero-order valence-corrected chi connectivity index (χ0v) is 14.5. The van der Waals surface area contributed by atoms with Crippen LogP contribution in [-0.2, 0) is 20.6 Å². The Kier molecular flexibility index (Phi) is 6.15. The van der Waals surface area contributed by atoms with Crippen molar-refractivity contribution in [2.45, 2.75) is 38.3 Å². The molecule has 7 nitrogen and oxygen atoms in total. The van der Waals surface area contributed by atoms with Gasteiger partial charge in [0.15, 0.2) is 0 Å². The van der Waals surface area contributed by atoms with E-state index in [-0.39, 0.29) is 6.16 Å². The Balaban J connectivity index is 1.92. The molecule has 8 heteroatoms. The number of hydrogen-bond donors (Lipinski definition) is 3. The molecule has 1 aromatic rings. The van der Waals surface area contributed by atoms with Crippen molar-refractivity contribution in [3.8, 4) is 0 Å². The molecule has 0 aromatic heterocycles. The van der Waals surface area contributed by atoms with Crippen molar-refractivity contribution in [3.05, 3.63) is 35.9 Å². The highest BCUT2D eigenvalue weighted by Crippen LogP contribution is 2.37. The largest absolute Gasteiger partial charge is 0.480 e. The van der Waals surface area contributed by atoms with E-state index >= 15 is 0 Å². The fourth-order valence-corrected chi connectivity index (χ4v) is 4.29. The Bertz CT molecular complexity index is 637. The number of nitrogens with zero attached hydrogens (tertiary/aromatic N) is 1. The first kappa shape index (κ1) is 18.6. The Morgan fingerprint density at radius 1 is 1.38 bits per heavy atom. The number of aliphatic carboxylic acids is 1. The molecular formula is C16H23N2O5P. The van der Waals surface area contributed by atoms with E-state index in [4.69, 9.17) is 5.11 Å². The summed E-state index contributed by atoms with van der Waals surface area (Å²) in [6.07, 6.45) is 1.47. The van der Waals surface area contributed by atoms with Crippen LogP contribution in [0.1, 0.15) is 25.3 Å². The van der Waals surface area contributed by atoms with Crippen LogP contribution in [0.2, 0.25) is 0 Å². The number of aryl methyl sites for hydroxylation is 1. The summed E-state index contributed by atoms with van der Waals surface area (Å²) in [7, 11) is -3.70. The van der Waals surface area contributed by atoms with Gasteiger partial charge in [-0.25, -0.2) is 9.88 Å². The average Bonchev–Trinajstić information content (AvgIpc) is 3.02. The summed E-state index contributed by atoms with van der Waals surface area (Å²) in [5, 5.41) is 11.6. The normalized spacial score (nSPS) is 21.2. The van der Waals surface area contributed by atoms with Gasteiger partial charge in [0, 0.05) is 12.7 Å². The van der Waals surface area contributed by atoms with Crippen LogP contribution in [-0.4, -0.2) is 51.6 Å². The van der Waals surface area contributed by atoms with Crippen molar-refractivity contribution >= 4 is 19.4 Å². The van der Waals surface area contributed by atoms with E-state index < -0.39 is 31.5 Å². The van der Waals surface area contributed by atoms with Crippen LogP contribution in [0.15, 0.2) is 30.3 Å². The molecule has 0 bridgehead atoms. The summed E-state index contributed by atoms with van der Waals surface area (Å²) in [5.41, 5.74) is 0.943. The van der Waals surface area contributed by atoms with Crippen molar-refractivity contribution in [1.29, 1.82) is 0 Å². The number of rotatable bonds is 7. The number of carboxylic acid groups (broad SMARTS) is 1. The lowest BCUT2D eigenvalue weighted by Gasteiger charge is -2.26. The maximum Gasteiger partial charge on any atom is 0.326 e. The lowest BCUT2D eigenvalue weighted by molar-refractivity contribution is -0.148. The molecule has 1 saturated heterocycles. The second kappa shape index (κ2) is 7.92. The lowest BCUT2D eigenvalue weighted by atomic mass is 10.2. The summed E-state index contributed by atoms with van der Waals surface area (Å²) < 4.78 is 12.3. The molecule has 1 amide bonds. The van der Waals surface area contributed by atoms with Gasteiger partial charge in [-0.3, -0.25) is 9.36 Å². The highest BCUT2D eigenvalue weighted by atomic mass is 31.2. The summed E-state index contributed by atoms with van der Waals surface area (Å²) in [6.45, 7) is 1.85. The SMILES string of the molecule is CC(NP(=O)(O)CCc1ccccc1)C(=O)N1CCCC1C(=O)O. The Labute approximate surface area is 141 Å². The number of benzene rings is 1. The average molecular weight is 354 g/mol. The molecular weight excluding hydrogens is 331 g/mol. The van der Waals surface area contributed by atoms with Gasteiger partial charge >= 0.3 is 5.97 Å². The van der Waals surface area contributed by atoms with E-state index in [1.807, 2.05) is 30.3 Å². The number of likely N-dealkylation sites (tertiary alicyclic amines) is 1. The van der Waals surface area contributed by atoms with Crippen molar-refractivity contribution in [3.63, 3.8) is 0 Å². The van der Waals surface area contributed by atoms with Gasteiger partial charge in [-0.1, -0.05) is 30.3 Å². The molecule has 0 spiro atoms. The minimum Gasteiger partial charge on any atom is -0.480 e. The molecule has 24 heavy (non-hydrogen) atoms. The second-order valence-electron chi connectivity index (χ2n) is 6.04. The van der Waals surface area contributed by atoms with Crippen LogP contribution in [0.5, 0.6) is 0 Å². The fourth-order valence-electron chi connectivity index (χ4n) is 2.88. The van der Waals surface area contributed by atoms with E-state index in [2.05, 4.69) is 5.09 Å². The lowest BCUT2D eigenvalue weighted by Crippen LogP contribution is -2.48. The van der Waals surface area contributed by atoms with Crippen molar-refractivity contribution < 1.29 is 24.2 Å². The van der Waals surface area contributed by atoms with Crippen LogP contribution in [0.3, 0.4) is 0 Å². The molecule has 3 atom stereocenters. The van der Waals surface area contributed by atoms with E-state index in [9.17, 15) is 19.0 Å². The quantitative estimate of drug-likeness (QED) is 0.640. The topological polar surface area (TPSA) is 107 Å². The fraction of sp³-hybridized carbons (Fsp3) is 0.500. The van der Waals surface area contributed by atoms with Crippen molar-refractivity contribution in [2.24, 2.45) is 0 Å². The van der Waals surface area contributed by atoms with Gasteiger partial charge in [0.1, 0.15) is 6.04 Å². The monoisotopic (exact) mass is 354 g/mol. The molecule has 1 aromatic carbocycles. The molecule has 1 aliphatic heterocycles. The van der Waals surface area contributed by atoms with Gasteiger partial charge in [-0.15, -0.1) is 0 Å². The molecule has 1 aliphatic rings. The van der Waals surface area contributed by atoms with Crippen LogP contribution in [0.25, 0.3) is 0 Å². The number of carbonyl (C=O) groups excluding carboxylic acids is 1. The number of amides is 1. The van der Waals surface area contributed by atoms with Crippen LogP contribution in [0, 0.1) is 0 Å². The van der Waals surface area contributed by atoms with E-state index in [1.165, 1.54) is 11.8 Å². The van der Waals surface area contributed by atoms with Gasteiger partial charge in [0.25, 0.3) is 7.52 Å². The van der Waals surface area contributed by atoms with Crippen LogP contribution in [0.4, 0.5) is 0 Å². The number of hydrogen-bond acceptors (Lipinski definition) is 3. The highest BCUT2D eigenvalue weighted by molar-refractivity contribution is 7.55. The van der Waals surface area contributed by atoms with Crippen molar-refractivity contribution in [2.75, 3.05) is 12.7 Å². The second-order valence-corrected chi connectivity index (χ2v) is 8.15. The maximum atomic E-state index is 12.4. The predicted molar refractivity (Wildman–Crippen MR) is 89.8 cm³/mol. The molecule has 2 rings (SSSR count). The summed E-state index contributed by atoms with van der Waals surface area (Å²) in [6, 6.07) is 7.58. The van der Waals surface area contributed by atoms with Crippen molar-refractivity contribution in [1.82, 2.24) is 9.99 Å². The molecule has 0 aliphatic carbocycles. The summed E-state index contributed by atoms with van der Waals surface area (Å²) in [4.78, 5) is 34.9. The maximum absolute atomic E-state index is 12.4. The molecule has 132 valence electrons. The highest BCUT2D eigenvalue weighted by Gasteiger charge is 2.37. The third kappa shape index (κ3) is 4.90. The van der Waals surface area contributed by atoms with Gasteiger partial charge < -0.3 is 14.9 Å². The number of nitrogens with one attached hydrogen (secondary N) is 1. The first-order chi connectivity index (χ1) is 11.3. The van der Waals surface area contributed by atoms with E-state index in [0.717, 1.165) is 5.56 Å². The molecule has 3 unspecified atom stereocenters. The Hall–Kier alpha value is -1.69. The van der Waals surface area contributed by atoms with Crippen LogP contribution < -0.4 is 5.09 Å². The van der Waals surface area contributed by atoms with E-state index in [0.29, 0.717) is 25.8 Å². The zero-order valence-electron chi connectivity index (χ0n) is 13.6. The first-order valence-electron chi connectivity index (χ1n) is 7.97. The third-order valence-corrected chi connectivity index (χ3v) is 5.75. The first-order valence-corrected chi connectivity index (χ1v) is 9.81. The van der Waals surface area contributed by atoms with Gasteiger partial charge in [0.05, 0.1) is 6.04 Å². The number of carbonyl (C=O) groups is 2. The molecule has 1 heterocycles. The third-order valence-electron chi connectivity index (χ3n) is 4.13. The molecule has 0 radical (unpaired) electrons. The Morgan fingerprint density at radius 2 is 2.04 bits per heavy atom. The summed E-state index contributed by atoms with van der Waals surface area (Å²) >= 11 is 0. The standard InChI is InChI=1S/C16H23N2O5P/c1-12(15(19)18-10-5-8-14(18)16(20)21)17-24(22,23)11-9-13-6-3-2-4-7-13/h2-4,6-7,12,14H,5,8-11H2,1H3,(H,20,21)(H2,17,22,23). The molecule has 0 saturated carbocycles. The van der Waals surface area contributed by atoms with Gasteiger partial charge in [-0.2, -0.15) is 0 Å². The Morgan fingerprint density at radius 3 is 2.67 bits per heavy atom.